The van der Waals surface area contributed by atoms with Crippen LogP contribution in [0.4, 0.5) is 13.2 Å². The minimum Gasteiger partial charge on any atom is -0.383 e. The third-order valence-electron chi connectivity index (χ3n) is 3.91. The molecule has 0 heterocycles. The summed E-state index contributed by atoms with van der Waals surface area (Å²) in [7, 11) is 1.52. The number of alkyl halides is 3. The average molecular weight is 306 g/mol. The highest BCUT2D eigenvalue weighted by Gasteiger charge is 2.42. The van der Waals surface area contributed by atoms with Crippen LogP contribution in [0.15, 0.2) is 0 Å². The number of ether oxygens (including phenoxy) is 1. The van der Waals surface area contributed by atoms with Crippen molar-refractivity contribution < 1.29 is 22.7 Å². The summed E-state index contributed by atoms with van der Waals surface area (Å²) in [5.41, 5.74) is 0. The molecule has 7 heteroatoms. The summed E-state index contributed by atoms with van der Waals surface area (Å²) in [6.07, 6.45) is -3.40. The van der Waals surface area contributed by atoms with Crippen molar-refractivity contribution in [2.45, 2.75) is 38.3 Å². The zero-order valence-electron chi connectivity index (χ0n) is 12.2. The number of hydrogen-bond donors (Lipinski definition) is 0. The van der Waals surface area contributed by atoms with Gasteiger partial charge in [0.15, 0.2) is 0 Å². The zero-order chi connectivity index (χ0) is 15.9. The van der Waals surface area contributed by atoms with E-state index in [1.165, 1.54) is 12.0 Å². The Balaban J connectivity index is 2.54. The summed E-state index contributed by atoms with van der Waals surface area (Å²) in [4.78, 5) is 13.9. The summed E-state index contributed by atoms with van der Waals surface area (Å²) in [6.45, 7) is 1.03. The molecule has 0 aliphatic heterocycles. The van der Waals surface area contributed by atoms with Crippen LogP contribution < -0.4 is 0 Å². The first kappa shape index (κ1) is 17.8. The van der Waals surface area contributed by atoms with Gasteiger partial charge in [0.2, 0.25) is 5.91 Å². The van der Waals surface area contributed by atoms with Crippen molar-refractivity contribution in [1.82, 2.24) is 4.90 Å². The van der Waals surface area contributed by atoms with Crippen molar-refractivity contribution >= 4 is 5.91 Å². The van der Waals surface area contributed by atoms with Gasteiger partial charge >= 0.3 is 6.18 Å². The maximum Gasteiger partial charge on any atom is 0.391 e. The fraction of sp³-hybridized carbons (Fsp3) is 0.857. The maximum atomic E-state index is 12.6. The van der Waals surface area contributed by atoms with Gasteiger partial charge in [-0.2, -0.15) is 18.4 Å². The molecule has 0 aromatic rings. The van der Waals surface area contributed by atoms with Gasteiger partial charge in [-0.05, 0) is 25.7 Å². The van der Waals surface area contributed by atoms with Crippen LogP contribution >= 0.6 is 0 Å². The third kappa shape index (κ3) is 5.54. The van der Waals surface area contributed by atoms with E-state index in [-0.39, 0.29) is 43.9 Å². The van der Waals surface area contributed by atoms with Crippen LogP contribution in [0, 0.1) is 23.2 Å². The molecular formula is C14H21F3N2O2. The molecule has 1 fully saturated rings. The van der Waals surface area contributed by atoms with E-state index < -0.39 is 12.1 Å². The molecule has 0 saturated heterocycles. The SMILES string of the molecule is COCCN(CCC#N)C(=O)C1CCC(C(F)(F)F)CC1. The van der Waals surface area contributed by atoms with Gasteiger partial charge in [0.1, 0.15) is 0 Å². The Morgan fingerprint density at radius 2 is 1.90 bits per heavy atom. The van der Waals surface area contributed by atoms with Crippen LogP contribution in [0.2, 0.25) is 0 Å². The summed E-state index contributed by atoms with van der Waals surface area (Å²) in [5.74, 6) is -1.80. The quantitative estimate of drug-likeness (QED) is 0.758. The lowest BCUT2D eigenvalue weighted by Crippen LogP contribution is -2.41. The molecule has 21 heavy (non-hydrogen) atoms. The zero-order valence-corrected chi connectivity index (χ0v) is 12.2. The molecule has 4 nitrogen and oxygen atoms in total. The van der Waals surface area contributed by atoms with Gasteiger partial charge in [-0.3, -0.25) is 4.79 Å². The summed E-state index contributed by atoms with van der Waals surface area (Å²) in [5, 5.41) is 8.61. The van der Waals surface area contributed by atoms with E-state index in [1.54, 1.807) is 0 Å². The number of amides is 1. The van der Waals surface area contributed by atoms with E-state index in [0.29, 0.717) is 19.7 Å². The van der Waals surface area contributed by atoms with Crippen LogP contribution in [0.5, 0.6) is 0 Å². The lowest BCUT2D eigenvalue weighted by Gasteiger charge is -2.32. The smallest absolute Gasteiger partial charge is 0.383 e. The fourth-order valence-electron chi connectivity index (χ4n) is 2.64. The van der Waals surface area contributed by atoms with E-state index in [9.17, 15) is 18.0 Å². The van der Waals surface area contributed by atoms with E-state index in [0.717, 1.165) is 0 Å². The van der Waals surface area contributed by atoms with Crippen molar-refractivity contribution in [3.63, 3.8) is 0 Å². The Kier molecular flexibility index (Phi) is 6.96. The van der Waals surface area contributed by atoms with Gasteiger partial charge in [-0.25, -0.2) is 0 Å². The average Bonchev–Trinajstić information content (AvgIpc) is 2.46. The number of carbonyl (C=O) groups is 1. The van der Waals surface area contributed by atoms with Crippen molar-refractivity contribution in [2.24, 2.45) is 11.8 Å². The highest BCUT2D eigenvalue weighted by atomic mass is 19.4. The van der Waals surface area contributed by atoms with Gasteiger partial charge in [0.05, 0.1) is 25.0 Å². The molecule has 1 aliphatic carbocycles. The number of halogens is 3. The Morgan fingerprint density at radius 1 is 1.29 bits per heavy atom. The lowest BCUT2D eigenvalue weighted by atomic mass is 9.81. The van der Waals surface area contributed by atoms with Crippen LogP contribution in [0.3, 0.4) is 0 Å². The van der Waals surface area contributed by atoms with Crippen LogP contribution in [-0.2, 0) is 9.53 Å². The summed E-state index contributed by atoms with van der Waals surface area (Å²) >= 11 is 0. The maximum absolute atomic E-state index is 12.6. The number of carbonyl (C=O) groups excluding carboxylic acids is 1. The Bertz CT molecular complexity index is 371. The normalized spacial score (nSPS) is 22.6. The van der Waals surface area contributed by atoms with E-state index in [4.69, 9.17) is 10.00 Å². The molecule has 0 unspecified atom stereocenters. The first-order valence-electron chi connectivity index (χ1n) is 7.11. The minimum absolute atomic E-state index is 0.0102. The van der Waals surface area contributed by atoms with Crippen LogP contribution in [-0.4, -0.2) is 43.8 Å². The number of rotatable bonds is 6. The first-order valence-corrected chi connectivity index (χ1v) is 7.11. The van der Waals surface area contributed by atoms with Gasteiger partial charge in [-0.15, -0.1) is 0 Å². The number of hydrogen-bond acceptors (Lipinski definition) is 3. The Hall–Kier alpha value is -1.29. The van der Waals surface area contributed by atoms with Crippen molar-refractivity contribution in [3.05, 3.63) is 0 Å². The molecule has 0 aromatic heterocycles. The molecule has 0 radical (unpaired) electrons. The monoisotopic (exact) mass is 306 g/mol. The van der Waals surface area contributed by atoms with Crippen molar-refractivity contribution in [2.75, 3.05) is 26.8 Å². The Morgan fingerprint density at radius 3 is 2.38 bits per heavy atom. The molecule has 0 atom stereocenters. The summed E-state index contributed by atoms with van der Waals surface area (Å²) in [6, 6.07) is 1.98. The van der Waals surface area contributed by atoms with Gasteiger partial charge in [0.25, 0.3) is 0 Å². The van der Waals surface area contributed by atoms with Crippen molar-refractivity contribution in [1.29, 1.82) is 5.26 Å². The minimum atomic E-state index is -4.16. The molecule has 0 aromatic carbocycles. The van der Waals surface area contributed by atoms with Crippen LogP contribution in [0.25, 0.3) is 0 Å². The Labute approximate surface area is 122 Å². The highest BCUT2D eigenvalue weighted by molar-refractivity contribution is 5.79. The second-order valence-corrected chi connectivity index (χ2v) is 5.32. The second kappa shape index (κ2) is 8.23. The molecule has 1 rings (SSSR count). The molecular weight excluding hydrogens is 285 g/mol. The topological polar surface area (TPSA) is 53.3 Å². The molecule has 0 spiro atoms. The first-order chi connectivity index (χ1) is 9.90. The fourth-order valence-corrected chi connectivity index (χ4v) is 2.64. The number of methoxy groups -OCH3 is 1. The standard InChI is InChI=1S/C14H21F3N2O2/c1-21-10-9-19(8-2-7-18)13(20)11-3-5-12(6-4-11)14(15,16)17/h11-12H,2-6,8-10H2,1H3. The van der Waals surface area contributed by atoms with E-state index in [1.807, 2.05) is 6.07 Å². The molecule has 1 saturated carbocycles. The van der Waals surface area contributed by atoms with Crippen LogP contribution in [0.1, 0.15) is 32.1 Å². The predicted octanol–water partition coefficient (Wildman–Crippen LogP) is 2.74. The number of nitriles is 1. The predicted molar refractivity (Wildman–Crippen MR) is 70.2 cm³/mol. The molecule has 1 aliphatic rings. The van der Waals surface area contributed by atoms with E-state index >= 15 is 0 Å². The number of nitrogens with zero attached hydrogens (tertiary/aromatic N) is 2. The van der Waals surface area contributed by atoms with Gasteiger partial charge in [-0.1, -0.05) is 0 Å². The molecule has 0 bridgehead atoms. The van der Waals surface area contributed by atoms with Gasteiger partial charge in [0, 0.05) is 26.1 Å². The molecule has 1 amide bonds. The van der Waals surface area contributed by atoms with Crippen molar-refractivity contribution in [3.8, 4) is 6.07 Å². The van der Waals surface area contributed by atoms with Gasteiger partial charge < -0.3 is 9.64 Å². The third-order valence-corrected chi connectivity index (χ3v) is 3.91. The van der Waals surface area contributed by atoms with E-state index in [2.05, 4.69) is 0 Å². The second-order valence-electron chi connectivity index (χ2n) is 5.32. The lowest BCUT2D eigenvalue weighted by molar-refractivity contribution is -0.185. The molecule has 0 N–H and O–H groups in total. The largest absolute Gasteiger partial charge is 0.391 e. The highest BCUT2D eigenvalue weighted by Crippen LogP contribution is 2.39. The molecule has 120 valence electrons. The summed E-state index contributed by atoms with van der Waals surface area (Å²) < 4.78 is 42.8.